The summed E-state index contributed by atoms with van der Waals surface area (Å²) in [5, 5.41) is 0. The van der Waals surface area contributed by atoms with Crippen LogP contribution in [0.25, 0.3) is 5.57 Å². The van der Waals surface area contributed by atoms with Crippen molar-refractivity contribution in [3.8, 4) is 11.8 Å². The van der Waals surface area contributed by atoms with Crippen molar-refractivity contribution in [3.05, 3.63) is 69.7 Å². The Morgan fingerprint density at radius 2 is 1.70 bits per heavy atom. The largest absolute Gasteiger partial charge is 0.504 e. The van der Waals surface area contributed by atoms with Crippen molar-refractivity contribution in [1.29, 1.82) is 0 Å². The number of benzene rings is 1. The van der Waals surface area contributed by atoms with Gasteiger partial charge in [0.15, 0.2) is 5.70 Å². The zero-order chi connectivity index (χ0) is 24.1. The maximum absolute atomic E-state index is 12.3. The molecule has 2 aromatic rings. The van der Waals surface area contributed by atoms with Gasteiger partial charge in [-0.15, -0.1) is 0 Å². The molecule has 4 rings (SSSR count). The minimum Gasteiger partial charge on any atom is -0.504 e. The van der Waals surface area contributed by atoms with Crippen LogP contribution in [0.15, 0.2) is 52.1 Å². The van der Waals surface area contributed by atoms with Gasteiger partial charge in [0, 0.05) is 29.3 Å². The molecule has 170 valence electrons. The van der Waals surface area contributed by atoms with Crippen LogP contribution in [0.2, 0.25) is 0 Å². The van der Waals surface area contributed by atoms with Gasteiger partial charge in [-0.25, -0.2) is 0 Å². The molecule has 33 heavy (non-hydrogen) atoms. The van der Waals surface area contributed by atoms with Crippen molar-refractivity contribution >= 4 is 29.0 Å². The zero-order valence-electron chi connectivity index (χ0n) is 20.3. The Hall–Kier alpha value is -2.82. The third-order valence-electron chi connectivity index (χ3n) is 6.09. The van der Waals surface area contributed by atoms with Gasteiger partial charge in [-0.1, -0.05) is 25.7 Å². The average molecular weight is 460 g/mol. The van der Waals surface area contributed by atoms with E-state index in [9.17, 15) is 8.42 Å². The SMILES string of the molecule is CC1=C(C#Cc2ccc(S(=O)(=O)OCC(C)C)cc2)C(C)=[N+]2[B-]n3c(C)cc(C)c3C(C)=C12. The van der Waals surface area contributed by atoms with E-state index in [4.69, 9.17) is 4.18 Å². The van der Waals surface area contributed by atoms with Crippen LogP contribution in [0.1, 0.15) is 57.1 Å². The first-order valence-electron chi connectivity index (χ1n) is 11.1. The number of nitrogens with zero attached hydrogens (tertiary/aromatic N) is 2. The van der Waals surface area contributed by atoms with Gasteiger partial charge in [0.1, 0.15) is 5.71 Å². The molecule has 0 spiro atoms. The van der Waals surface area contributed by atoms with Crippen molar-refractivity contribution in [1.82, 2.24) is 4.48 Å². The van der Waals surface area contributed by atoms with Crippen molar-refractivity contribution in [2.24, 2.45) is 5.92 Å². The Labute approximate surface area is 197 Å². The van der Waals surface area contributed by atoms with E-state index in [0.717, 1.165) is 22.4 Å². The van der Waals surface area contributed by atoms with Gasteiger partial charge in [-0.05, 0) is 75.2 Å². The number of allylic oxidation sites excluding steroid dienone is 3. The Kier molecular flexibility index (Phi) is 6.02. The summed E-state index contributed by atoms with van der Waals surface area (Å²) in [6.07, 6.45) is 0. The fraction of sp³-hybridized carbons (Fsp3) is 0.346. The molecule has 0 bridgehead atoms. The molecule has 0 amide bonds. The molecule has 0 saturated heterocycles. The van der Waals surface area contributed by atoms with Gasteiger partial charge in [-0.3, -0.25) is 4.18 Å². The molecular weight excluding hydrogens is 431 g/mol. The second-order valence-electron chi connectivity index (χ2n) is 9.14. The summed E-state index contributed by atoms with van der Waals surface area (Å²) in [7, 11) is -1.61. The van der Waals surface area contributed by atoms with E-state index < -0.39 is 10.1 Å². The summed E-state index contributed by atoms with van der Waals surface area (Å²) in [4.78, 5) is 0.146. The smallest absolute Gasteiger partial charge is 0.296 e. The van der Waals surface area contributed by atoms with E-state index in [-0.39, 0.29) is 17.4 Å². The van der Waals surface area contributed by atoms with E-state index in [2.05, 4.69) is 69.0 Å². The van der Waals surface area contributed by atoms with Gasteiger partial charge < -0.3 is 8.96 Å². The summed E-state index contributed by atoms with van der Waals surface area (Å²) >= 11 is 0. The highest BCUT2D eigenvalue weighted by Crippen LogP contribution is 2.36. The molecule has 0 aliphatic carbocycles. The van der Waals surface area contributed by atoms with Crippen LogP contribution < -0.4 is 0 Å². The second-order valence-corrected chi connectivity index (χ2v) is 10.8. The van der Waals surface area contributed by atoms with Gasteiger partial charge in [0.2, 0.25) is 7.55 Å². The molecule has 2 radical (unpaired) electrons. The summed E-state index contributed by atoms with van der Waals surface area (Å²) in [5.41, 5.74) is 10.1. The molecule has 2 aliphatic heterocycles. The van der Waals surface area contributed by atoms with Crippen molar-refractivity contribution in [3.63, 3.8) is 0 Å². The number of hydrogen-bond donors (Lipinski definition) is 0. The minimum atomic E-state index is -3.75. The van der Waals surface area contributed by atoms with Gasteiger partial charge in [-0.2, -0.15) is 8.42 Å². The van der Waals surface area contributed by atoms with Crippen LogP contribution >= 0.6 is 0 Å². The molecule has 0 unspecified atom stereocenters. The standard InChI is InChI=1S/C26H29BN2O3S/c1-16(2)15-32-33(30,31)23-11-8-22(9-12-23)10-13-24-19(5)26-20(6)25-17(3)14-18(4)28(25)27-29(26)21(24)7/h8-9,11-12,14,16H,15H2,1-7H3. The topological polar surface area (TPSA) is 51.3 Å². The maximum Gasteiger partial charge on any atom is 0.296 e. The summed E-state index contributed by atoms with van der Waals surface area (Å²) in [5.74, 6) is 6.67. The van der Waals surface area contributed by atoms with Crippen LogP contribution in [0.3, 0.4) is 0 Å². The monoisotopic (exact) mass is 460 g/mol. The molecule has 0 atom stereocenters. The predicted octanol–water partition coefficient (Wildman–Crippen LogP) is 4.45. The summed E-state index contributed by atoms with van der Waals surface area (Å²) in [6.45, 7) is 14.6. The molecule has 0 saturated carbocycles. The fourth-order valence-corrected chi connectivity index (χ4v) is 5.51. The molecule has 3 heterocycles. The second kappa shape index (κ2) is 8.51. The van der Waals surface area contributed by atoms with E-state index in [0.29, 0.717) is 0 Å². The van der Waals surface area contributed by atoms with Crippen LogP contribution in [0, 0.1) is 31.6 Å². The number of rotatable bonds is 4. The molecule has 5 nitrogen and oxygen atoms in total. The van der Waals surface area contributed by atoms with Crippen molar-refractivity contribution < 1.29 is 17.1 Å². The Morgan fingerprint density at radius 3 is 2.33 bits per heavy atom. The molecule has 1 aromatic carbocycles. The lowest BCUT2D eigenvalue weighted by Gasteiger charge is -2.29. The van der Waals surface area contributed by atoms with Gasteiger partial charge in [0.05, 0.1) is 17.1 Å². The molecule has 0 N–H and O–H groups in total. The summed E-state index contributed by atoms with van der Waals surface area (Å²) < 4.78 is 34.2. The van der Waals surface area contributed by atoms with E-state index in [1.807, 2.05) is 13.8 Å². The van der Waals surface area contributed by atoms with Crippen molar-refractivity contribution in [2.75, 3.05) is 6.61 Å². The first kappa shape index (κ1) is 23.3. The van der Waals surface area contributed by atoms with Gasteiger partial charge >= 0.3 is 0 Å². The molecule has 7 heteroatoms. The zero-order valence-corrected chi connectivity index (χ0v) is 21.1. The van der Waals surface area contributed by atoms with Crippen LogP contribution in [-0.2, 0) is 14.3 Å². The Morgan fingerprint density at radius 1 is 1.03 bits per heavy atom. The molecular formula is C26H29BN2O3S. The van der Waals surface area contributed by atoms with Crippen molar-refractivity contribution in [2.45, 2.75) is 53.4 Å². The fourth-order valence-electron chi connectivity index (χ4n) is 4.45. The third kappa shape index (κ3) is 4.14. The highest BCUT2D eigenvalue weighted by atomic mass is 32.2. The lowest BCUT2D eigenvalue weighted by atomic mass is 9.94. The molecule has 0 fully saturated rings. The number of aryl methyl sites for hydroxylation is 2. The molecule has 1 aromatic heterocycles. The minimum absolute atomic E-state index is 0.138. The Balaban J connectivity index is 1.65. The maximum atomic E-state index is 12.3. The molecule has 2 aliphatic rings. The number of hydrogen-bond acceptors (Lipinski definition) is 3. The highest BCUT2D eigenvalue weighted by molar-refractivity contribution is 7.86. The lowest BCUT2D eigenvalue weighted by molar-refractivity contribution is -0.315. The first-order valence-corrected chi connectivity index (χ1v) is 12.5. The number of aromatic nitrogens is 1. The first-order chi connectivity index (χ1) is 15.5. The van der Waals surface area contributed by atoms with E-state index >= 15 is 0 Å². The summed E-state index contributed by atoms with van der Waals surface area (Å²) in [6, 6.07) is 8.76. The van der Waals surface area contributed by atoms with E-state index in [1.54, 1.807) is 24.3 Å². The predicted molar refractivity (Wildman–Crippen MR) is 133 cm³/mol. The highest BCUT2D eigenvalue weighted by Gasteiger charge is 2.32. The normalized spacial score (nSPS) is 15.8. The lowest BCUT2D eigenvalue weighted by Crippen LogP contribution is -2.31. The van der Waals surface area contributed by atoms with E-state index in [1.165, 1.54) is 28.2 Å². The van der Waals surface area contributed by atoms with Gasteiger partial charge in [0.25, 0.3) is 10.1 Å². The number of fused-ring (bicyclic) bond motifs is 2. The van der Waals surface area contributed by atoms with Crippen LogP contribution in [-0.4, -0.2) is 37.3 Å². The quantitative estimate of drug-likeness (QED) is 0.385. The van der Waals surface area contributed by atoms with Crippen LogP contribution in [0.4, 0.5) is 0 Å². The third-order valence-corrected chi connectivity index (χ3v) is 7.38. The average Bonchev–Trinajstić information content (AvgIpc) is 3.18. The van der Waals surface area contributed by atoms with Crippen LogP contribution in [0.5, 0.6) is 0 Å². The Bertz CT molecular complexity index is 1410.